The Labute approximate surface area is 245 Å². The zero-order chi connectivity index (χ0) is 29.2. The first-order valence-corrected chi connectivity index (χ1v) is 16.6. The third-order valence-electron chi connectivity index (χ3n) is 13.3. The molecule has 6 rings (SSSR count). The van der Waals surface area contributed by atoms with Crippen LogP contribution in [0.25, 0.3) is 0 Å². The maximum absolute atomic E-state index is 12.5. The van der Waals surface area contributed by atoms with E-state index in [0.29, 0.717) is 48.3 Å². The van der Waals surface area contributed by atoms with Crippen LogP contribution in [0.2, 0.25) is 0 Å². The molecule has 0 radical (unpaired) electrons. The number of hydrogen-bond acceptors (Lipinski definition) is 7. The van der Waals surface area contributed by atoms with Gasteiger partial charge in [-0.2, -0.15) is 19.6 Å². The number of carbonyl (C=O) groups excluding carboxylic acids is 2. The van der Waals surface area contributed by atoms with Gasteiger partial charge in [-0.1, -0.05) is 27.7 Å². The third-order valence-corrected chi connectivity index (χ3v) is 13.3. The average Bonchev–Trinajstić information content (AvgIpc) is 3.29. The number of ether oxygens (including phenoxy) is 1. The van der Waals surface area contributed by atoms with Gasteiger partial charge < -0.3 is 10.5 Å². The van der Waals surface area contributed by atoms with Crippen LogP contribution in [0.1, 0.15) is 125 Å². The summed E-state index contributed by atoms with van der Waals surface area (Å²) in [4.78, 5) is 48.4. The lowest BCUT2D eigenvalue weighted by Gasteiger charge is -2.64. The minimum absolute atomic E-state index is 0.105. The van der Waals surface area contributed by atoms with E-state index in [2.05, 4.69) is 27.7 Å². The van der Waals surface area contributed by atoms with Crippen molar-refractivity contribution in [3.05, 3.63) is 0 Å². The SMILES string of the molecule is CC(=O)O[C@@H]1C[C@@H]2CC3(CC[C@]2(C)[C@H]2CC[C@]4(C)[C@@H](C(C)CCC(N)=O)CC[C@H]4[C@H]12)OOC1(CCC(C)CC1)OO3. The number of rotatable bonds is 5. The molecule has 2 N–H and O–H groups in total. The maximum atomic E-state index is 12.5. The van der Waals surface area contributed by atoms with Gasteiger partial charge in [0.25, 0.3) is 0 Å². The molecule has 0 aromatic carbocycles. The van der Waals surface area contributed by atoms with Crippen LogP contribution in [0, 0.1) is 52.3 Å². The van der Waals surface area contributed by atoms with Crippen molar-refractivity contribution in [2.45, 2.75) is 142 Å². The number of fused-ring (bicyclic) bond motifs is 5. The van der Waals surface area contributed by atoms with E-state index in [4.69, 9.17) is 30.0 Å². The van der Waals surface area contributed by atoms with Gasteiger partial charge in [0, 0.05) is 44.9 Å². The first kappa shape index (κ1) is 29.8. The van der Waals surface area contributed by atoms with Gasteiger partial charge in [-0.05, 0) is 104 Å². The summed E-state index contributed by atoms with van der Waals surface area (Å²) in [6.45, 7) is 11.1. The van der Waals surface area contributed by atoms with Crippen molar-refractivity contribution in [1.82, 2.24) is 0 Å². The normalized spacial score (nSPS) is 50.0. The van der Waals surface area contributed by atoms with E-state index in [1.807, 2.05) is 0 Å². The fraction of sp³-hybridized carbons (Fsp3) is 0.939. The maximum Gasteiger partial charge on any atom is 0.302 e. The van der Waals surface area contributed by atoms with Gasteiger partial charge >= 0.3 is 5.97 Å². The lowest BCUT2D eigenvalue weighted by molar-refractivity contribution is -0.665. The van der Waals surface area contributed by atoms with E-state index in [0.717, 1.165) is 57.8 Å². The quantitative estimate of drug-likeness (QED) is 0.291. The Balaban J connectivity index is 1.20. The van der Waals surface area contributed by atoms with E-state index in [1.54, 1.807) is 6.92 Å². The lowest BCUT2D eigenvalue weighted by atomic mass is 9.43. The Bertz CT molecular complexity index is 1000. The molecule has 5 aliphatic carbocycles. The van der Waals surface area contributed by atoms with Crippen molar-refractivity contribution >= 4 is 11.9 Å². The standard InChI is InChI=1S/C33H53NO7/c1-20-10-14-32(15-11-20)38-40-33(41-39-32)17-16-30(4)23(19-33)18-27(37-22(3)35)29-25-8-7-24(21(2)6-9-28(34)36)31(25,5)13-12-26(29)30/h20-21,23-27,29H,6-19H2,1-5H3,(H2,34,36)/t20?,21?,23-,24-,25+,26+,27-,29+,30+,31-,32?,33?/m1/s1. The molecule has 8 heteroatoms. The Morgan fingerprint density at radius 3 is 2.20 bits per heavy atom. The molecule has 1 amide bonds. The summed E-state index contributed by atoms with van der Waals surface area (Å²) >= 11 is 0. The summed E-state index contributed by atoms with van der Waals surface area (Å²) in [6, 6.07) is 0. The summed E-state index contributed by atoms with van der Waals surface area (Å²) in [5, 5.41) is 0. The first-order valence-electron chi connectivity index (χ1n) is 16.6. The molecule has 2 spiro atoms. The van der Waals surface area contributed by atoms with Gasteiger partial charge in [0.05, 0.1) is 0 Å². The number of nitrogens with two attached hydrogens (primary N) is 1. The molecule has 5 saturated carbocycles. The molecular weight excluding hydrogens is 522 g/mol. The van der Waals surface area contributed by atoms with Gasteiger partial charge in [-0.25, -0.2) is 0 Å². The van der Waals surface area contributed by atoms with Crippen LogP contribution < -0.4 is 5.73 Å². The predicted octanol–water partition coefficient (Wildman–Crippen LogP) is 6.60. The molecule has 1 aliphatic heterocycles. The smallest absolute Gasteiger partial charge is 0.302 e. The fourth-order valence-corrected chi connectivity index (χ4v) is 10.9. The van der Waals surface area contributed by atoms with E-state index in [9.17, 15) is 9.59 Å². The van der Waals surface area contributed by atoms with Gasteiger partial charge in [0.2, 0.25) is 17.5 Å². The van der Waals surface area contributed by atoms with Gasteiger partial charge in [0.15, 0.2) is 0 Å². The summed E-state index contributed by atoms with van der Waals surface area (Å²) in [6.07, 6.45) is 12.8. The zero-order valence-corrected chi connectivity index (χ0v) is 26.0. The topological polar surface area (TPSA) is 106 Å². The second kappa shape index (κ2) is 10.7. The van der Waals surface area contributed by atoms with E-state index >= 15 is 0 Å². The van der Waals surface area contributed by atoms with Crippen LogP contribution in [0.15, 0.2) is 0 Å². The zero-order valence-electron chi connectivity index (χ0n) is 26.0. The van der Waals surface area contributed by atoms with Crippen molar-refractivity contribution in [2.24, 2.45) is 58.0 Å². The number of primary amides is 1. The van der Waals surface area contributed by atoms with Crippen LogP contribution in [-0.2, 0) is 33.9 Å². The van der Waals surface area contributed by atoms with E-state index < -0.39 is 11.6 Å². The lowest BCUT2D eigenvalue weighted by Crippen LogP contribution is -2.62. The average molecular weight is 576 g/mol. The minimum Gasteiger partial charge on any atom is -0.462 e. The first-order chi connectivity index (χ1) is 19.4. The Kier molecular flexibility index (Phi) is 7.82. The van der Waals surface area contributed by atoms with Crippen molar-refractivity contribution in [3.8, 4) is 0 Å². The molecule has 6 fully saturated rings. The highest BCUT2D eigenvalue weighted by Gasteiger charge is 2.66. The molecule has 232 valence electrons. The van der Waals surface area contributed by atoms with Gasteiger partial charge in [0.1, 0.15) is 6.10 Å². The summed E-state index contributed by atoms with van der Waals surface area (Å²) in [5.74, 6) is 1.25. The molecule has 8 nitrogen and oxygen atoms in total. The van der Waals surface area contributed by atoms with E-state index in [-0.39, 0.29) is 34.7 Å². The molecule has 1 heterocycles. The van der Waals surface area contributed by atoms with Crippen molar-refractivity contribution in [1.29, 1.82) is 0 Å². The summed E-state index contributed by atoms with van der Waals surface area (Å²) < 4.78 is 6.21. The second-order valence-corrected chi connectivity index (χ2v) is 15.6. The molecule has 9 atom stereocenters. The van der Waals surface area contributed by atoms with Crippen LogP contribution in [0.5, 0.6) is 0 Å². The van der Waals surface area contributed by atoms with Crippen molar-refractivity contribution < 1.29 is 33.9 Å². The highest BCUT2D eigenvalue weighted by atomic mass is 17.4. The summed E-state index contributed by atoms with van der Waals surface area (Å²) in [5.41, 5.74) is 5.82. The molecule has 0 aromatic rings. The van der Waals surface area contributed by atoms with Crippen molar-refractivity contribution in [2.75, 3.05) is 0 Å². The Morgan fingerprint density at radius 1 is 0.878 bits per heavy atom. The van der Waals surface area contributed by atoms with Crippen LogP contribution in [0.4, 0.5) is 0 Å². The third kappa shape index (κ3) is 5.17. The monoisotopic (exact) mass is 575 g/mol. The predicted molar refractivity (Wildman–Crippen MR) is 151 cm³/mol. The highest BCUT2D eigenvalue weighted by Crippen LogP contribution is 2.69. The van der Waals surface area contributed by atoms with E-state index in [1.165, 1.54) is 19.3 Å². The van der Waals surface area contributed by atoms with Gasteiger partial charge in [-0.15, -0.1) is 0 Å². The summed E-state index contributed by atoms with van der Waals surface area (Å²) in [7, 11) is 0. The fourth-order valence-electron chi connectivity index (χ4n) is 10.9. The largest absolute Gasteiger partial charge is 0.462 e. The molecule has 1 unspecified atom stereocenters. The second-order valence-electron chi connectivity index (χ2n) is 15.6. The molecule has 1 saturated heterocycles. The number of carbonyl (C=O) groups is 2. The molecule has 6 aliphatic rings. The highest BCUT2D eigenvalue weighted by molar-refractivity contribution is 5.73. The number of amides is 1. The Morgan fingerprint density at radius 2 is 1.54 bits per heavy atom. The van der Waals surface area contributed by atoms with Crippen molar-refractivity contribution in [3.63, 3.8) is 0 Å². The van der Waals surface area contributed by atoms with Gasteiger partial charge in [-0.3, -0.25) is 9.59 Å². The minimum atomic E-state index is -0.899. The van der Waals surface area contributed by atoms with Crippen LogP contribution in [-0.4, -0.2) is 29.6 Å². The Hall–Kier alpha value is -1.22. The van der Waals surface area contributed by atoms with Crippen LogP contribution in [0.3, 0.4) is 0 Å². The molecule has 0 aromatic heterocycles. The molecule has 41 heavy (non-hydrogen) atoms. The molecule has 0 bridgehead atoms. The molecular formula is C33H53NO7. The number of hydrogen-bond donors (Lipinski definition) is 1. The number of esters is 1. The van der Waals surface area contributed by atoms with Crippen LogP contribution >= 0.6 is 0 Å².